The molecule has 0 aromatic heterocycles. The van der Waals surface area contributed by atoms with E-state index in [1.54, 1.807) is 6.07 Å². The Morgan fingerprint density at radius 1 is 1.39 bits per heavy atom. The molecule has 0 heterocycles. The number of rotatable bonds is 5. The van der Waals surface area contributed by atoms with E-state index >= 15 is 0 Å². The van der Waals surface area contributed by atoms with Crippen LogP contribution in [0.15, 0.2) is 28.7 Å². The Morgan fingerprint density at radius 3 is 2.56 bits per heavy atom. The molecule has 1 aromatic rings. The van der Waals surface area contributed by atoms with E-state index < -0.39 is 15.8 Å². The number of hydrogen-bond donors (Lipinski definition) is 1. The molecule has 98 valence electrons. The van der Waals surface area contributed by atoms with Crippen LogP contribution in [-0.4, -0.2) is 20.7 Å². The number of hydrogen-bond acceptors (Lipinski definition) is 3. The topological polar surface area (TPSA) is 70.0 Å². The minimum Gasteiger partial charge on any atom is -0.213 e. The van der Waals surface area contributed by atoms with Gasteiger partial charge in [-0.1, -0.05) is 48.0 Å². The fraction of sp³-hybridized carbons (Fsp3) is 0.417. The third-order valence-corrected chi connectivity index (χ3v) is 4.38. The minimum atomic E-state index is -3.51. The van der Waals surface area contributed by atoms with E-state index in [9.17, 15) is 8.42 Å². The van der Waals surface area contributed by atoms with E-state index in [1.165, 1.54) is 0 Å². The van der Waals surface area contributed by atoms with E-state index in [4.69, 9.17) is 5.26 Å². The van der Waals surface area contributed by atoms with Crippen LogP contribution in [0, 0.1) is 11.3 Å². The lowest BCUT2D eigenvalue weighted by Gasteiger charge is -2.26. The molecule has 1 aromatic carbocycles. The lowest BCUT2D eigenvalue weighted by atomic mass is 9.85. The van der Waals surface area contributed by atoms with Gasteiger partial charge in [0.2, 0.25) is 10.0 Å². The van der Waals surface area contributed by atoms with Crippen LogP contribution in [0.4, 0.5) is 0 Å². The van der Waals surface area contributed by atoms with Gasteiger partial charge >= 0.3 is 0 Å². The van der Waals surface area contributed by atoms with Gasteiger partial charge in [-0.15, -0.1) is 0 Å². The summed E-state index contributed by atoms with van der Waals surface area (Å²) in [6.07, 6.45) is 0. The smallest absolute Gasteiger partial charge is 0.213 e. The van der Waals surface area contributed by atoms with Gasteiger partial charge in [0, 0.05) is 16.4 Å². The number of nitriles is 1. The van der Waals surface area contributed by atoms with E-state index in [2.05, 4.69) is 20.7 Å². The lowest BCUT2D eigenvalue weighted by Crippen LogP contribution is -2.37. The van der Waals surface area contributed by atoms with Crippen molar-refractivity contribution < 1.29 is 8.42 Å². The SMILES string of the molecule is CC(C)(CNS(=O)(=O)CC#N)c1ccccc1Br. The van der Waals surface area contributed by atoms with Crippen LogP contribution in [0.25, 0.3) is 0 Å². The van der Waals surface area contributed by atoms with E-state index in [1.807, 2.05) is 38.1 Å². The molecule has 6 heteroatoms. The van der Waals surface area contributed by atoms with Gasteiger partial charge in [0.25, 0.3) is 0 Å². The minimum absolute atomic E-state index is 0.250. The van der Waals surface area contributed by atoms with Gasteiger partial charge in [0.15, 0.2) is 5.75 Å². The first kappa shape index (κ1) is 15.2. The van der Waals surface area contributed by atoms with Gasteiger partial charge in [-0.05, 0) is 11.6 Å². The first-order chi connectivity index (χ1) is 8.28. The first-order valence-corrected chi connectivity index (χ1v) is 7.82. The second-order valence-electron chi connectivity index (χ2n) is 4.60. The quantitative estimate of drug-likeness (QED) is 0.899. The maximum absolute atomic E-state index is 11.4. The van der Waals surface area contributed by atoms with Gasteiger partial charge in [-0.3, -0.25) is 0 Å². The van der Waals surface area contributed by atoms with Crippen molar-refractivity contribution in [3.8, 4) is 6.07 Å². The highest BCUT2D eigenvalue weighted by atomic mass is 79.9. The molecule has 1 rings (SSSR count). The summed E-state index contributed by atoms with van der Waals surface area (Å²) >= 11 is 3.45. The monoisotopic (exact) mass is 330 g/mol. The van der Waals surface area contributed by atoms with Gasteiger partial charge in [-0.2, -0.15) is 5.26 Å². The van der Waals surface area contributed by atoms with Crippen LogP contribution in [0.3, 0.4) is 0 Å². The van der Waals surface area contributed by atoms with Crippen LogP contribution in [0.5, 0.6) is 0 Å². The van der Waals surface area contributed by atoms with Crippen molar-refractivity contribution in [1.29, 1.82) is 5.26 Å². The Labute approximate surface area is 116 Å². The molecule has 0 aliphatic heterocycles. The number of benzene rings is 1. The zero-order valence-corrected chi connectivity index (χ0v) is 12.7. The summed E-state index contributed by atoms with van der Waals surface area (Å²) in [7, 11) is -3.51. The van der Waals surface area contributed by atoms with Crippen LogP contribution < -0.4 is 4.72 Å². The first-order valence-electron chi connectivity index (χ1n) is 5.38. The summed E-state index contributed by atoms with van der Waals surface area (Å²) in [4.78, 5) is 0. The average molecular weight is 331 g/mol. The van der Waals surface area contributed by atoms with Crippen LogP contribution in [0.2, 0.25) is 0 Å². The fourth-order valence-corrected chi connectivity index (χ4v) is 3.21. The molecule has 0 bridgehead atoms. The molecular weight excluding hydrogens is 316 g/mol. The second kappa shape index (κ2) is 5.83. The summed E-state index contributed by atoms with van der Waals surface area (Å²) in [5, 5.41) is 8.42. The zero-order valence-electron chi connectivity index (χ0n) is 10.3. The van der Waals surface area contributed by atoms with Gasteiger partial charge in [0.05, 0.1) is 6.07 Å². The molecule has 0 saturated heterocycles. The number of nitrogens with zero attached hydrogens (tertiary/aromatic N) is 1. The molecule has 0 aliphatic rings. The van der Waals surface area contributed by atoms with Crippen molar-refractivity contribution in [2.24, 2.45) is 0 Å². The summed E-state index contributed by atoms with van der Waals surface area (Å²) in [5.41, 5.74) is 0.660. The van der Waals surface area contributed by atoms with Crippen molar-refractivity contribution in [3.05, 3.63) is 34.3 Å². The van der Waals surface area contributed by atoms with Crippen LogP contribution in [-0.2, 0) is 15.4 Å². The van der Waals surface area contributed by atoms with Crippen LogP contribution in [0.1, 0.15) is 19.4 Å². The molecule has 1 N–H and O–H groups in total. The Kier molecular flexibility index (Phi) is 4.91. The fourth-order valence-electron chi connectivity index (χ4n) is 1.53. The summed E-state index contributed by atoms with van der Waals surface area (Å²) in [6.45, 7) is 4.14. The largest absolute Gasteiger partial charge is 0.225 e. The Bertz CT molecular complexity index is 562. The maximum atomic E-state index is 11.4. The number of halogens is 1. The van der Waals surface area contributed by atoms with Crippen LogP contribution >= 0.6 is 15.9 Å². The third kappa shape index (κ3) is 4.09. The average Bonchev–Trinajstić information content (AvgIpc) is 2.27. The van der Waals surface area contributed by atoms with Crippen molar-refractivity contribution in [2.75, 3.05) is 12.3 Å². The zero-order chi connectivity index (χ0) is 13.8. The van der Waals surface area contributed by atoms with E-state index in [-0.39, 0.29) is 12.0 Å². The molecule has 0 unspecified atom stereocenters. The summed E-state index contributed by atoms with van der Waals surface area (Å²) in [5.74, 6) is -0.515. The molecule has 0 aliphatic carbocycles. The van der Waals surface area contributed by atoms with E-state index in [0.29, 0.717) is 0 Å². The predicted octanol–water partition coefficient (Wildman–Crippen LogP) is 2.17. The van der Waals surface area contributed by atoms with Crippen molar-refractivity contribution in [3.63, 3.8) is 0 Å². The molecule has 0 saturated carbocycles. The molecule has 0 radical (unpaired) electrons. The highest BCUT2D eigenvalue weighted by Gasteiger charge is 2.24. The lowest BCUT2D eigenvalue weighted by molar-refractivity contribution is 0.501. The Hall–Kier alpha value is -0.900. The molecule has 0 spiro atoms. The van der Waals surface area contributed by atoms with E-state index in [0.717, 1.165) is 10.0 Å². The van der Waals surface area contributed by atoms with Gasteiger partial charge < -0.3 is 0 Å². The van der Waals surface area contributed by atoms with Crippen molar-refractivity contribution in [2.45, 2.75) is 19.3 Å². The predicted molar refractivity (Wildman–Crippen MR) is 74.6 cm³/mol. The van der Waals surface area contributed by atoms with Gasteiger partial charge in [-0.25, -0.2) is 13.1 Å². The number of nitrogens with one attached hydrogen (secondary N) is 1. The molecule has 0 fully saturated rings. The highest BCUT2D eigenvalue weighted by molar-refractivity contribution is 9.10. The maximum Gasteiger partial charge on any atom is 0.225 e. The Morgan fingerprint density at radius 2 is 2.00 bits per heavy atom. The Balaban J connectivity index is 2.84. The molecule has 18 heavy (non-hydrogen) atoms. The van der Waals surface area contributed by atoms with Gasteiger partial charge in [0.1, 0.15) is 0 Å². The van der Waals surface area contributed by atoms with Crippen molar-refractivity contribution >= 4 is 26.0 Å². The highest BCUT2D eigenvalue weighted by Crippen LogP contribution is 2.29. The summed E-state index contributed by atoms with van der Waals surface area (Å²) < 4.78 is 26.3. The third-order valence-electron chi connectivity index (χ3n) is 2.59. The molecular formula is C12H15BrN2O2S. The van der Waals surface area contributed by atoms with Crippen molar-refractivity contribution in [1.82, 2.24) is 4.72 Å². The molecule has 0 atom stereocenters. The number of sulfonamides is 1. The summed E-state index contributed by atoms with van der Waals surface area (Å²) in [6, 6.07) is 9.31. The molecule has 4 nitrogen and oxygen atoms in total. The molecule has 0 amide bonds. The second-order valence-corrected chi connectivity index (χ2v) is 7.26. The standard InChI is InChI=1S/C12H15BrN2O2S/c1-12(2,9-15-18(16,17)8-7-14)10-5-3-4-6-11(10)13/h3-6,15H,8-9H2,1-2H3. The normalized spacial score (nSPS) is 12.1.